The topological polar surface area (TPSA) is 61.8 Å². The Bertz CT molecular complexity index is 338. The van der Waals surface area contributed by atoms with Crippen LogP contribution in [0, 0.1) is 5.92 Å². The second kappa shape index (κ2) is 16.7. The van der Waals surface area contributed by atoms with Gasteiger partial charge in [0.25, 0.3) is 0 Å². The van der Waals surface area contributed by atoms with E-state index in [2.05, 4.69) is 31.7 Å². The molecule has 0 radical (unpaired) electrons. The molecule has 2 atom stereocenters. The van der Waals surface area contributed by atoms with Crippen LogP contribution in [0.1, 0.15) is 53.4 Å². The third kappa shape index (κ3) is 16.6. The van der Waals surface area contributed by atoms with E-state index in [1.54, 1.807) is 6.92 Å². The van der Waals surface area contributed by atoms with Gasteiger partial charge in [-0.25, -0.2) is 9.59 Å². The van der Waals surface area contributed by atoms with Crippen molar-refractivity contribution in [2.45, 2.75) is 59.7 Å². The van der Waals surface area contributed by atoms with Crippen LogP contribution in [-0.2, 0) is 23.8 Å². The third-order valence-electron chi connectivity index (χ3n) is 3.02. The van der Waals surface area contributed by atoms with Gasteiger partial charge in [0.1, 0.15) is 0 Å². The number of hydrogen-bond acceptors (Lipinski definition) is 5. The van der Waals surface area contributed by atoms with Gasteiger partial charge < -0.3 is 14.2 Å². The first-order chi connectivity index (χ1) is 10.9. The molecule has 0 aromatic carbocycles. The van der Waals surface area contributed by atoms with Crippen molar-refractivity contribution >= 4 is 11.9 Å². The molecule has 23 heavy (non-hydrogen) atoms. The minimum atomic E-state index is -0.476. The Morgan fingerprint density at radius 1 is 1.09 bits per heavy atom. The largest absolute Gasteiger partial charge is 0.462 e. The van der Waals surface area contributed by atoms with Gasteiger partial charge >= 0.3 is 11.9 Å². The summed E-state index contributed by atoms with van der Waals surface area (Å²) in [6.45, 7) is 15.5. The third-order valence-corrected chi connectivity index (χ3v) is 3.02. The van der Waals surface area contributed by atoms with E-state index in [4.69, 9.17) is 9.47 Å². The lowest BCUT2D eigenvalue weighted by Crippen LogP contribution is -2.16. The maximum Gasteiger partial charge on any atom is 0.332 e. The fourth-order valence-corrected chi connectivity index (χ4v) is 1.64. The second-order valence-corrected chi connectivity index (χ2v) is 4.91. The van der Waals surface area contributed by atoms with E-state index in [9.17, 15) is 9.59 Å². The molecule has 134 valence electrons. The highest BCUT2D eigenvalue weighted by Gasteiger charge is 2.07. The average Bonchev–Trinajstić information content (AvgIpc) is 2.55. The molecule has 5 heteroatoms. The fraction of sp³-hybridized carbons (Fsp3) is 0.667. The fourth-order valence-electron chi connectivity index (χ4n) is 1.64. The van der Waals surface area contributed by atoms with Gasteiger partial charge in [-0.2, -0.15) is 0 Å². The highest BCUT2D eigenvalue weighted by molar-refractivity contribution is 5.81. The van der Waals surface area contributed by atoms with Crippen molar-refractivity contribution in [3.63, 3.8) is 0 Å². The number of ether oxygens (including phenoxy) is 3. The number of carbonyl (C=O) groups is 2. The number of unbranched alkanes of at least 4 members (excludes halogenated alkanes) is 1. The molecule has 0 saturated carbocycles. The van der Waals surface area contributed by atoms with Crippen molar-refractivity contribution in [1.82, 2.24) is 0 Å². The van der Waals surface area contributed by atoms with Crippen molar-refractivity contribution in [3.8, 4) is 0 Å². The van der Waals surface area contributed by atoms with E-state index in [-0.39, 0.29) is 5.97 Å². The molecule has 0 aliphatic heterocycles. The lowest BCUT2D eigenvalue weighted by Gasteiger charge is -2.13. The van der Waals surface area contributed by atoms with E-state index >= 15 is 0 Å². The zero-order valence-corrected chi connectivity index (χ0v) is 15.0. The zero-order chi connectivity index (χ0) is 18.1. The van der Waals surface area contributed by atoms with Crippen LogP contribution in [-0.4, -0.2) is 31.4 Å². The molecule has 0 saturated heterocycles. The zero-order valence-electron chi connectivity index (χ0n) is 15.0. The molecule has 0 aromatic heterocycles. The van der Waals surface area contributed by atoms with E-state index in [1.165, 1.54) is 18.9 Å². The SMILES string of the molecule is C=CC(=O)OC(C)OCC.C=CC(=O)OCC(CC)CCCC. The molecular formula is C18H32O5. The molecule has 5 nitrogen and oxygen atoms in total. The predicted molar refractivity (Wildman–Crippen MR) is 91.8 cm³/mol. The highest BCUT2D eigenvalue weighted by atomic mass is 16.7. The summed E-state index contributed by atoms with van der Waals surface area (Å²) in [5.74, 6) is -0.250. The van der Waals surface area contributed by atoms with E-state index < -0.39 is 12.3 Å². The minimum Gasteiger partial charge on any atom is -0.462 e. The summed E-state index contributed by atoms with van der Waals surface area (Å²) in [4.78, 5) is 21.2. The van der Waals surface area contributed by atoms with E-state index in [1.807, 2.05) is 6.92 Å². The molecule has 0 aromatic rings. The van der Waals surface area contributed by atoms with Crippen molar-refractivity contribution in [2.75, 3.05) is 13.2 Å². The van der Waals surface area contributed by atoms with Gasteiger partial charge in [-0.1, -0.05) is 46.3 Å². The van der Waals surface area contributed by atoms with Crippen molar-refractivity contribution in [3.05, 3.63) is 25.3 Å². The first-order valence-electron chi connectivity index (χ1n) is 8.18. The Balaban J connectivity index is 0. The lowest BCUT2D eigenvalue weighted by atomic mass is 10.0. The minimum absolute atomic E-state index is 0.310. The molecule has 0 N–H and O–H groups in total. The van der Waals surface area contributed by atoms with E-state index in [0.717, 1.165) is 18.9 Å². The van der Waals surface area contributed by atoms with E-state index in [0.29, 0.717) is 19.1 Å². The molecular weight excluding hydrogens is 296 g/mol. The van der Waals surface area contributed by atoms with Crippen LogP contribution in [0.25, 0.3) is 0 Å². The number of esters is 2. The van der Waals surface area contributed by atoms with Gasteiger partial charge in [0.2, 0.25) is 0 Å². The van der Waals surface area contributed by atoms with Gasteiger partial charge in [-0.05, 0) is 26.2 Å². The van der Waals surface area contributed by atoms with Crippen molar-refractivity contribution in [2.24, 2.45) is 5.92 Å². The van der Waals surface area contributed by atoms with Crippen LogP contribution in [0.5, 0.6) is 0 Å². The maximum absolute atomic E-state index is 10.8. The van der Waals surface area contributed by atoms with Crippen LogP contribution < -0.4 is 0 Å². The Labute approximate surface area is 140 Å². The number of hydrogen-bond donors (Lipinski definition) is 0. The summed E-state index contributed by atoms with van der Waals surface area (Å²) in [7, 11) is 0. The quantitative estimate of drug-likeness (QED) is 0.325. The van der Waals surface area contributed by atoms with Gasteiger partial charge in [-0.3, -0.25) is 0 Å². The normalized spacial score (nSPS) is 12.2. The molecule has 2 unspecified atom stereocenters. The first kappa shape index (κ1) is 23.6. The van der Waals surface area contributed by atoms with Crippen molar-refractivity contribution < 1.29 is 23.8 Å². The van der Waals surface area contributed by atoms with Gasteiger partial charge in [0, 0.05) is 18.8 Å². The molecule has 0 spiro atoms. The average molecular weight is 328 g/mol. The molecule has 0 fully saturated rings. The van der Waals surface area contributed by atoms with Crippen LogP contribution in [0.4, 0.5) is 0 Å². The number of rotatable bonds is 11. The molecule has 0 amide bonds. The van der Waals surface area contributed by atoms with Gasteiger partial charge in [0.05, 0.1) is 6.61 Å². The Morgan fingerprint density at radius 2 is 1.70 bits per heavy atom. The number of carbonyl (C=O) groups excluding carboxylic acids is 2. The maximum atomic E-state index is 10.8. The summed E-state index contributed by atoms with van der Waals surface area (Å²) < 4.78 is 14.6. The van der Waals surface area contributed by atoms with Crippen LogP contribution in [0.2, 0.25) is 0 Å². The van der Waals surface area contributed by atoms with Crippen LogP contribution in [0.3, 0.4) is 0 Å². The lowest BCUT2D eigenvalue weighted by molar-refractivity contribution is -0.167. The van der Waals surface area contributed by atoms with Gasteiger partial charge in [-0.15, -0.1) is 0 Å². The summed E-state index contributed by atoms with van der Waals surface area (Å²) >= 11 is 0. The van der Waals surface area contributed by atoms with Crippen LogP contribution in [0.15, 0.2) is 25.3 Å². The van der Waals surface area contributed by atoms with Gasteiger partial charge in [0.15, 0.2) is 6.29 Å². The smallest absolute Gasteiger partial charge is 0.332 e. The predicted octanol–water partition coefficient (Wildman–Crippen LogP) is 4.03. The Morgan fingerprint density at radius 3 is 2.13 bits per heavy atom. The summed E-state index contributed by atoms with van der Waals surface area (Å²) in [5, 5.41) is 0. The second-order valence-electron chi connectivity index (χ2n) is 4.91. The molecule has 0 rings (SSSR count). The standard InChI is InChI=1S/C11H20O2.C7H12O3/c1-4-7-8-10(5-2)9-13-11(12)6-3;1-4-7(8)10-6(3)9-5-2/h6,10H,3-5,7-9H2,1-2H3;4,6H,1,5H2,2-3H3. The highest BCUT2D eigenvalue weighted by Crippen LogP contribution is 2.12. The van der Waals surface area contributed by atoms with Crippen LogP contribution >= 0.6 is 0 Å². The summed E-state index contributed by atoms with van der Waals surface area (Å²) in [5.41, 5.74) is 0. The summed E-state index contributed by atoms with van der Waals surface area (Å²) in [6.07, 6.45) is 6.48. The summed E-state index contributed by atoms with van der Waals surface area (Å²) in [6, 6.07) is 0. The first-order valence-corrected chi connectivity index (χ1v) is 8.18. The monoisotopic (exact) mass is 328 g/mol. The Hall–Kier alpha value is -1.62. The molecule has 0 aliphatic rings. The molecule has 0 heterocycles. The Kier molecular flexibility index (Phi) is 17.2. The van der Waals surface area contributed by atoms with Crippen molar-refractivity contribution in [1.29, 1.82) is 0 Å². The molecule has 0 bridgehead atoms. The molecule has 0 aliphatic carbocycles.